The Balaban J connectivity index is 1.61. The molecule has 7 heteroatoms. The third-order valence-corrected chi connectivity index (χ3v) is 5.06. The molecule has 3 rings (SSSR count). The zero-order valence-electron chi connectivity index (χ0n) is 15.8. The van der Waals surface area contributed by atoms with E-state index in [1.165, 1.54) is 6.20 Å². The molecule has 0 aliphatic carbocycles. The number of benzene rings is 1. The van der Waals surface area contributed by atoms with E-state index in [0.29, 0.717) is 29.3 Å². The van der Waals surface area contributed by atoms with Crippen LogP contribution in [-0.4, -0.2) is 66.4 Å². The molecule has 0 saturated carbocycles. The summed E-state index contributed by atoms with van der Waals surface area (Å²) in [6.45, 7) is 2.04. The third kappa shape index (κ3) is 4.36. The number of carbonyl (C=O) groups is 2. The highest BCUT2D eigenvalue weighted by molar-refractivity contribution is 6.06. The zero-order valence-corrected chi connectivity index (χ0v) is 15.8. The van der Waals surface area contributed by atoms with Crippen LogP contribution in [0, 0.1) is 0 Å². The molecule has 1 fully saturated rings. The Hall–Kier alpha value is -2.67. The van der Waals surface area contributed by atoms with Crippen molar-refractivity contribution in [1.29, 1.82) is 0 Å². The van der Waals surface area contributed by atoms with Gasteiger partial charge < -0.3 is 20.1 Å². The summed E-state index contributed by atoms with van der Waals surface area (Å²) in [6.07, 6.45) is 3.61. The fraction of sp³-hybridized carbons (Fsp3) is 0.450. The Morgan fingerprint density at radius 2 is 2.00 bits per heavy atom. The molecule has 1 aliphatic heterocycles. The second kappa shape index (κ2) is 8.35. The van der Waals surface area contributed by atoms with Crippen LogP contribution < -0.4 is 10.9 Å². The van der Waals surface area contributed by atoms with Crippen molar-refractivity contribution in [2.75, 3.05) is 33.7 Å². The normalized spacial score (nSPS) is 17.1. The van der Waals surface area contributed by atoms with Crippen molar-refractivity contribution in [2.45, 2.75) is 25.3 Å². The quantitative estimate of drug-likeness (QED) is 0.767. The molecule has 27 heavy (non-hydrogen) atoms. The number of carbonyl (C=O) groups excluding carboxylic acids is 2. The van der Waals surface area contributed by atoms with E-state index in [1.807, 2.05) is 25.1 Å². The minimum Gasteiger partial charge on any atom is -0.352 e. The second-order valence-electron chi connectivity index (χ2n) is 7.20. The van der Waals surface area contributed by atoms with Gasteiger partial charge in [0.1, 0.15) is 0 Å². The molecule has 0 bridgehead atoms. The van der Waals surface area contributed by atoms with Gasteiger partial charge in [-0.15, -0.1) is 0 Å². The van der Waals surface area contributed by atoms with E-state index in [9.17, 15) is 14.4 Å². The minimum absolute atomic E-state index is 0.171. The van der Waals surface area contributed by atoms with Crippen LogP contribution in [0.5, 0.6) is 0 Å². The number of aromatic nitrogens is 1. The largest absolute Gasteiger partial charge is 0.352 e. The van der Waals surface area contributed by atoms with Gasteiger partial charge in [0.05, 0.1) is 5.56 Å². The van der Waals surface area contributed by atoms with Crippen molar-refractivity contribution in [3.05, 3.63) is 46.4 Å². The zero-order chi connectivity index (χ0) is 19.4. The molecule has 1 saturated heterocycles. The summed E-state index contributed by atoms with van der Waals surface area (Å²) in [5.41, 5.74) is 0.250. The SMILES string of the molecule is CN(C)CCN1C(=O)CC[C@H]1CCNC(=O)c1c[nH]c(=O)c2ccccc12. The van der Waals surface area contributed by atoms with Crippen LogP contribution in [0.3, 0.4) is 0 Å². The summed E-state index contributed by atoms with van der Waals surface area (Å²) in [7, 11) is 3.98. The highest BCUT2D eigenvalue weighted by Crippen LogP contribution is 2.21. The highest BCUT2D eigenvalue weighted by atomic mass is 16.2. The lowest BCUT2D eigenvalue weighted by atomic mass is 10.1. The topological polar surface area (TPSA) is 85.5 Å². The summed E-state index contributed by atoms with van der Waals surface area (Å²) in [5, 5.41) is 4.07. The first-order chi connectivity index (χ1) is 13.0. The Morgan fingerprint density at radius 1 is 1.26 bits per heavy atom. The first kappa shape index (κ1) is 19.1. The molecule has 1 aliphatic rings. The van der Waals surface area contributed by atoms with Crippen molar-refractivity contribution >= 4 is 22.6 Å². The lowest BCUT2D eigenvalue weighted by molar-refractivity contribution is -0.129. The monoisotopic (exact) mass is 370 g/mol. The standard InChI is InChI=1S/C20H26N4O3/c1-23(2)11-12-24-14(7-8-18(24)25)9-10-21-20(27)17-13-22-19(26)16-6-4-3-5-15(16)17/h3-6,13-14H,7-12H2,1-2H3,(H,21,27)(H,22,26)/t14-/m0/s1. The van der Waals surface area contributed by atoms with Gasteiger partial charge in [-0.05, 0) is 33.0 Å². The van der Waals surface area contributed by atoms with Crippen LogP contribution in [0.2, 0.25) is 0 Å². The predicted octanol–water partition coefficient (Wildman–Crippen LogP) is 1.20. The number of nitrogens with one attached hydrogen (secondary N) is 2. The summed E-state index contributed by atoms with van der Waals surface area (Å²) >= 11 is 0. The van der Waals surface area contributed by atoms with Gasteiger partial charge >= 0.3 is 0 Å². The number of nitrogens with zero attached hydrogens (tertiary/aromatic N) is 2. The molecule has 2 amide bonds. The first-order valence-corrected chi connectivity index (χ1v) is 9.30. The average Bonchev–Trinajstić information content (AvgIpc) is 3.00. The van der Waals surface area contributed by atoms with Crippen molar-refractivity contribution in [3.63, 3.8) is 0 Å². The number of likely N-dealkylation sites (tertiary alicyclic amines) is 1. The number of hydrogen-bond donors (Lipinski definition) is 2. The maximum Gasteiger partial charge on any atom is 0.255 e. The molecule has 0 radical (unpaired) electrons. The van der Waals surface area contributed by atoms with E-state index in [4.69, 9.17) is 0 Å². The van der Waals surface area contributed by atoms with Crippen molar-refractivity contribution in [2.24, 2.45) is 0 Å². The van der Waals surface area contributed by atoms with Gasteiger partial charge in [0.15, 0.2) is 0 Å². The molecule has 144 valence electrons. The predicted molar refractivity (Wildman–Crippen MR) is 105 cm³/mol. The number of likely N-dealkylation sites (N-methyl/N-ethyl adjacent to an activating group) is 1. The molecule has 1 aromatic carbocycles. The number of amides is 2. The van der Waals surface area contributed by atoms with Crippen molar-refractivity contribution in [3.8, 4) is 0 Å². The lowest BCUT2D eigenvalue weighted by Crippen LogP contribution is -2.40. The number of rotatable bonds is 7. The van der Waals surface area contributed by atoms with E-state index in [0.717, 1.165) is 25.9 Å². The molecule has 0 spiro atoms. The van der Waals surface area contributed by atoms with Crippen LogP contribution in [0.1, 0.15) is 29.6 Å². The smallest absolute Gasteiger partial charge is 0.255 e. The van der Waals surface area contributed by atoms with E-state index in [1.54, 1.807) is 18.2 Å². The van der Waals surface area contributed by atoms with E-state index in [2.05, 4.69) is 15.2 Å². The summed E-state index contributed by atoms with van der Waals surface area (Å²) in [4.78, 5) is 43.2. The maximum absolute atomic E-state index is 12.6. The van der Waals surface area contributed by atoms with E-state index >= 15 is 0 Å². The fourth-order valence-electron chi connectivity index (χ4n) is 3.55. The van der Waals surface area contributed by atoms with Crippen molar-refractivity contribution < 1.29 is 9.59 Å². The van der Waals surface area contributed by atoms with Crippen LogP contribution >= 0.6 is 0 Å². The molecule has 2 N–H and O–H groups in total. The van der Waals surface area contributed by atoms with Crippen LogP contribution in [-0.2, 0) is 4.79 Å². The van der Waals surface area contributed by atoms with Crippen LogP contribution in [0.15, 0.2) is 35.3 Å². The molecule has 2 heterocycles. The molecule has 2 aromatic rings. The van der Waals surface area contributed by atoms with Gasteiger partial charge in [-0.3, -0.25) is 14.4 Å². The number of hydrogen-bond acceptors (Lipinski definition) is 4. The first-order valence-electron chi connectivity index (χ1n) is 9.30. The fourth-order valence-corrected chi connectivity index (χ4v) is 3.55. The summed E-state index contributed by atoms with van der Waals surface area (Å²) in [6, 6.07) is 7.24. The lowest BCUT2D eigenvalue weighted by Gasteiger charge is -2.26. The molecule has 0 unspecified atom stereocenters. The van der Waals surface area contributed by atoms with E-state index < -0.39 is 0 Å². The maximum atomic E-state index is 12.6. The van der Waals surface area contributed by atoms with E-state index in [-0.39, 0.29) is 23.4 Å². The molecule has 7 nitrogen and oxygen atoms in total. The van der Waals surface area contributed by atoms with Gasteiger partial charge in [-0.25, -0.2) is 0 Å². The third-order valence-electron chi connectivity index (χ3n) is 5.06. The minimum atomic E-state index is -0.216. The molecule has 1 aromatic heterocycles. The molecular formula is C20H26N4O3. The van der Waals surface area contributed by atoms with Gasteiger partial charge in [0.25, 0.3) is 11.5 Å². The Labute approximate surface area is 158 Å². The number of pyridine rings is 1. The van der Waals surface area contributed by atoms with Gasteiger partial charge in [0.2, 0.25) is 5.91 Å². The highest BCUT2D eigenvalue weighted by Gasteiger charge is 2.30. The van der Waals surface area contributed by atoms with Crippen LogP contribution in [0.25, 0.3) is 10.8 Å². The number of aromatic amines is 1. The number of H-pyrrole nitrogens is 1. The molecule has 1 atom stereocenters. The number of fused-ring (bicyclic) bond motifs is 1. The van der Waals surface area contributed by atoms with Gasteiger partial charge in [0, 0.05) is 49.1 Å². The summed E-state index contributed by atoms with van der Waals surface area (Å²) < 4.78 is 0. The van der Waals surface area contributed by atoms with Gasteiger partial charge in [-0.2, -0.15) is 0 Å². The Bertz CT molecular complexity index is 890. The van der Waals surface area contributed by atoms with Crippen molar-refractivity contribution in [1.82, 2.24) is 20.1 Å². The Kier molecular flexibility index (Phi) is 5.91. The Morgan fingerprint density at radius 3 is 2.74 bits per heavy atom. The van der Waals surface area contributed by atoms with Gasteiger partial charge in [-0.1, -0.05) is 18.2 Å². The average molecular weight is 370 g/mol. The second-order valence-corrected chi connectivity index (χ2v) is 7.20. The molecular weight excluding hydrogens is 344 g/mol. The van der Waals surface area contributed by atoms with Crippen LogP contribution in [0.4, 0.5) is 0 Å². The summed E-state index contributed by atoms with van der Waals surface area (Å²) in [5.74, 6) is -0.0218.